The molecule has 0 bridgehead atoms. The number of hydrazone groups is 1. The van der Waals surface area contributed by atoms with Crippen LogP contribution in [0.5, 0.6) is 0 Å². The van der Waals surface area contributed by atoms with E-state index in [9.17, 15) is 30.7 Å². The van der Waals surface area contributed by atoms with Gasteiger partial charge in [0.1, 0.15) is 34.5 Å². The molecule has 5 rings (SSSR count). The maximum Gasteiger partial charge on any atom is 0.416 e. The van der Waals surface area contributed by atoms with Gasteiger partial charge in [-0.3, -0.25) is 5.43 Å². The van der Waals surface area contributed by atoms with Crippen LogP contribution in [0.2, 0.25) is 0 Å². The van der Waals surface area contributed by atoms with E-state index in [2.05, 4.69) is 20.5 Å². The molecule has 0 saturated carbocycles. The van der Waals surface area contributed by atoms with Crippen molar-refractivity contribution >= 4 is 27.8 Å². The van der Waals surface area contributed by atoms with Gasteiger partial charge in [-0.25, -0.2) is 8.96 Å². The third kappa shape index (κ3) is 4.74. The number of hydrogen-bond acceptors (Lipinski definition) is 4. The lowest BCUT2D eigenvalue weighted by Crippen LogP contribution is -2.36. The predicted octanol–water partition coefficient (Wildman–Crippen LogP) is 6.04. The van der Waals surface area contributed by atoms with E-state index in [-0.39, 0.29) is 18.2 Å². The highest BCUT2D eigenvalue weighted by molar-refractivity contribution is 8.14. The number of fused-ring (bicyclic) bond motifs is 1. The number of benzene rings is 2. The Kier molecular flexibility index (Phi) is 5.89. The Morgan fingerprint density at radius 2 is 1.75 bits per heavy atom. The van der Waals surface area contributed by atoms with E-state index in [0.29, 0.717) is 33.4 Å². The van der Waals surface area contributed by atoms with Gasteiger partial charge < -0.3 is 4.98 Å². The quantitative estimate of drug-likeness (QED) is 0.252. The molecule has 1 aliphatic heterocycles. The second-order valence-corrected chi connectivity index (χ2v) is 9.12. The summed E-state index contributed by atoms with van der Waals surface area (Å²) in [6.07, 6.45) is -6.68. The second-order valence-electron chi connectivity index (χ2n) is 7.94. The van der Waals surface area contributed by atoms with Crippen LogP contribution in [-0.4, -0.2) is 15.0 Å². The van der Waals surface area contributed by atoms with Crippen LogP contribution in [0.4, 0.5) is 30.7 Å². The van der Waals surface area contributed by atoms with Gasteiger partial charge in [0.2, 0.25) is 5.52 Å². The van der Waals surface area contributed by atoms with Crippen molar-refractivity contribution in [1.29, 1.82) is 0 Å². The van der Waals surface area contributed by atoms with Crippen molar-refractivity contribution in [2.24, 2.45) is 5.10 Å². The summed E-state index contributed by atoms with van der Waals surface area (Å²) < 4.78 is 95.2. The average Bonchev–Trinajstić information content (AvgIpc) is 3.44. The van der Waals surface area contributed by atoms with E-state index in [1.165, 1.54) is 12.4 Å². The fraction of sp³-hybridized carbons (Fsp3) is 0.174. The summed E-state index contributed by atoms with van der Waals surface area (Å²) in [5.41, 5.74) is 1.56. The lowest BCUT2D eigenvalue weighted by molar-refractivity contribution is -0.682. The molecule has 1 atom stereocenters. The summed E-state index contributed by atoms with van der Waals surface area (Å²) >= 11 is 0.961. The SMILES string of the molecule is Fc1ccccc1-c1cc2nc[n+](CC3=NNC(c4ccc(C(F)(F)F)cc4C(F)(F)F)S3)cc2[nH]1. The Balaban J connectivity index is 1.35. The van der Waals surface area contributed by atoms with Crippen molar-refractivity contribution in [2.75, 3.05) is 0 Å². The van der Waals surface area contributed by atoms with Gasteiger partial charge in [0.15, 0.2) is 0 Å². The van der Waals surface area contributed by atoms with Crippen molar-refractivity contribution in [3.05, 3.63) is 83.6 Å². The molecule has 1 unspecified atom stereocenters. The highest BCUT2D eigenvalue weighted by Gasteiger charge is 2.40. The van der Waals surface area contributed by atoms with Crippen LogP contribution in [0.25, 0.3) is 22.3 Å². The zero-order chi connectivity index (χ0) is 25.7. The first kappa shape index (κ1) is 24.1. The fourth-order valence-electron chi connectivity index (χ4n) is 3.80. The summed E-state index contributed by atoms with van der Waals surface area (Å²) in [6, 6.07) is 9.50. The second kappa shape index (κ2) is 8.80. The number of halogens is 7. The lowest BCUT2D eigenvalue weighted by Gasteiger charge is -2.19. The van der Waals surface area contributed by atoms with Crippen molar-refractivity contribution < 1.29 is 35.3 Å². The zero-order valence-corrected chi connectivity index (χ0v) is 18.8. The Morgan fingerprint density at radius 3 is 2.47 bits per heavy atom. The van der Waals surface area contributed by atoms with Crippen molar-refractivity contribution in [2.45, 2.75) is 24.3 Å². The van der Waals surface area contributed by atoms with Gasteiger partial charge in [-0.2, -0.15) is 31.4 Å². The van der Waals surface area contributed by atoms with E-state index in [1.54, 1.807) is 35.0 Å². The normalized spacial score (nSPS) is 16.3. The summed E-state index contributed by atoms with van der Waals surface area (Å²) in [5, 5.41) is 3.44. The van der Waals surface area contributed by atoms with E-state index in [1.807, 2.05) is 0 Å². The summed E-state index contributed by atoms with van der Waals surface area (Å²) in [7, 11) is 0. The van der Waals surface area contributed by atoms with Crippen LogP contribution in [0.3, 0.4) is 0 Å². The number of thioether (sulfide) groups is 1. The topological polar surface area (TPSA) is 56.9 Å². The van der Waals surface area contributed by atoms with E-state index in [0.717, 1.165) is 17.8 Å². The predicted molar refractivity (Wildman–Crippen MR) is 119 cm³/mol. The highest BCUT2D eigenvalue weighted by atomic mass is 32.2. The first-order valence-electron chi connectivity index (χ1n) is 10.4. The van der Waals surface area contributed by atoms with Gasteiger partial charge in [-0.05, 0) is 34.8 Å². The Labute approximate surface area is 203 Å². The van der Waals surface area contributed by atoms with Gasteiger partial charge in [-0.1, -0.05) is 30.0 Å². The van der Waals surface area contributed by atoms with Crippen LogP contribution in [0.1, 0.15) is 22.1 Å². The van der Waals surface area contributed by atoms with Crippen LogP contribution in [0.15, 0.2) is 66.2 Å². The molecule has 5 nitrogen and oxygen atoms in total. The van der Waals surface area contributed by atoms with Crippen molar-refractivity contribution in [3.63, 3.8) is 0 Å². The molecule has 2 aromatic heterocycles. The summed E-state index contributed by atoms with van der Waals surface area (Å²) in [4.78, 5) is 7.42. The first-order valence-corrected chi connectivity index (χ1v) is 11.3. The monoisotopic (exact) mass is 526 g/mol. The maximum atomic E-state index is 14.1. The number of H-pyrrole nitrogens is 1. The molecule has 0 spiro atoms. The Morgan fingerprint density at radius 1 is 0.972 bits per heavy atom. The maximum absolute atomic E-state index is 14.1. The van der Waals surface area contributed by atoms with Crippen LogP contribution >= 0.6 is 11.8 Å². The van der Waals surface area contributed by atoms with Gasteiger partial charge in [0, 0.05) is 11.6 Å². The molecule has 4 aromatic rings. The smallest absolute Gasteiger partial charge is 0.348 e. The molecule has 2 N–H and O–H groups in total. The number of aromatic nitrogens is 3. The highest BCUT2D eigenvalue weighted by Crippen LogP contribution is 2.43. The molecule has 2 aromatic carbocycles. The number of aromatic amines is 1. The molecule has 0 fully saturated rings. The summed E-state index contributed by atoms with van der Waals surface area (Å²) in [6.45, 7) is 0.146. The lowest BCUT2D eigenvalue weighted by atomic mass is 10.0. The molecule has 0 amide bonds. The van der Waals surface area contributed by atoms with E-state index in [4.69, 9.17) is 0 Å². The van der Waals surface area contributed by atoms with Crippen LogP contribution in [-0.2, 0) is 18.9 Å². The molecule has 0 saturated heterocycles. The van der Waals surface area contributed by atoms with Crippen LogP contribution < -0.4 is 9.99 Å². The van der Waals surface area contributed by atoms with Crippen molar-refractivity contribution in [3.8, 4) is 11.3 Å². The molecular formula is C23H15F7N5S+. The first-order chi connectivity index (χ1) is 17.0. The fourth-order valence-corrected chi connectivity index (χ4v) is 4.84. The number of alkyl halides is 6. The minimum Gasteiger partial charge on any atom is -0.348 e. The number of hydrogen-bond donors (Lipinski definition) is 2. The van der Waals surface area contributed by atoms with E-state index >= 15 is 0 Å². The van der Waals surface area contributed by atoms with Gasteiger partial charge >= 0.3 is 12.4 Å². The van der Waals surface area contributed by atoms with Gasteiger partial charge in [0.25, 0.3) is 6.33 Å². The zero-order valence-electron chi connectivity index (χ0n) is 18.0. The van der Waals surface area contributed by atoms with Gasteiger partial charge in [0.05, 0.1) is 16.8 Å². The molecular weight excluding hydrogens is 511 g/mol. The molecule has 13 heteroatoms. The molecule has 0 aliphatic carbocycles. The molecule has 1 aliphatic rings. The Hall–Kier alpha value is -3.61. The number of rotatable bonds is 4. The minimum absolute atomic E-state index is 0.112. The average molecular weight is 526 g/mol. The third-order valence-electron chi connectivity index (χ3n) is 5.48. The molecule has 186 valence electrons. The number of nitrogens with one attached hydrogen (secondary N) is 2. The summed E-state index contributed by atoms with van der Waals surface area (Å²) in [5.74, 6) is -0.396. The standard InChI is InChI=1S/C23H14F7N5S/c24-16-4-2-1-3-14(16)17-8-18-19(32-17)9-35(11-31-18)10-20-33-34-21(36-20)13-6-5-12(22(25,26)27)7-15(13)23(28,29)30/h1-9,11,21,34H,10H2/p+1. The molecule has 0 radical (unpaired) electrons. The minimum atomic E-state index is -4.98. The Bertz CT molecular complexity index is 1480. The van der Waals surface area contributed by atoms with Gasteiger partial charge in [-0.15, -0.1) is 0 Å². The number of nitrogens with zero attached hydrogens (tertiary/aromatic N) is 3. The van der Waals surface area contributed by atoms with Crippen molar-refractivity contribution in [1.82, 2.24) is 15.4 Å². The molecule has 36 heavy (non-hydrogen) atoms. The van der Waals surface area contributed by atoms with Crippen LogP contribution in [0, 0.1) is 5.82 Å². The van der Waals surface area contributed by atoms with E-state index < -0.39 is 34.7 Å². The largest absolute Gasteiger partial charge is 0.416 e. The third-order valence-corrected chi connectivity index (χ3v) is 6.56. The molecule has 3 heterocycles.